The van der Waals surface area contributed by atoms with E-state index in [1.54, 1.807) is 7.11 Å². The number of hydrogen-bond donors (Lipinski definition) is 1. The van der Waals surface area contributed by atoms with Crippen molar-refractivity contribution in [3.05, 3.63) is 53.6 Å². The third kappa shape index (κ3) is 7.70. The molecule has 0 aromatic heterocycles. The summed E-state index contributed by atoms with van der Waals surface area (Å²) in [6.07, 6.45) is 5.98. The molecule has 2 aromatic rings. The number of hydrogen-bond acceptors (Lipinski definition) is 9. The normalized spacial score (nSPS) is 27.8. The summed E-state index contributed by atoms with van der Waals surface area (Å²) in [5.74, 6) is 2.30. The molecule has 6 rings (SSSR count). The summed E-state index contributed by atoms with van der Waals surface area (Å²) in [5, 5.41) is 3.53. The molecule has 3 fully saturated rings. The number of rotatable bonds is 12. The van der Waals surface area contributed by atoms with E-state index < -0.39 is 0 Å². The van der Waals surface area contributed by atoms with Crippen molar-refractivity contribution in [1.82, 2.24) is 10.2 Å². The quantitative estimate of drug-likeness (QED) is 0.290. The van der Waals surface area contributed by atoms with Crippen LogP contribution in [0.4, 0.5) is 5.69 Å². The molecule has 5 unspecified atom stereocenters. The molecule has 4 aliphatic heterocycles. The van der Waals surface area contributed by atoms with Crippen molar-refractivity contribution in [3.8, 4) is 11.5 Å². The highest BCUT2D eigenvalue weighted by Crippen LogP contribution is 2.34. The Hall–Kier alpha value is -2.69. The predicted molar refractivity (Wildman–Crippen MR) is 165 cm³/mol. The molecule has 234 valence electrons. The fourth-order valence-electron chi connectivity index (χ4n) is 6.91. The molecule has 43 heavy (non-hydrogen) atoms. The predicted octanol–water partition coefficient (Wildman–Crippen LogP) is 3.99. The summed E-state index contributed by atoms with van der Waals surface area (Å²) >= 11 is 0. The fraction of sp³-hybridized carbons (Fsp3) is 0.618. The maximum Gasteiger partial charge on any atom is 0.142 e. The van der Waals surface area contributed by atoms with Crippen molar-refractivity contribution in [2.45, 2.75) is 63.1 Å². The van der Waals surface area contributed by atoms with Crippen molar-refractivity contribution in [3.63, 3.8) is 0 Å². The fourth-order valence-corrected chi connectivity index (χ4v) is 6.91. The third-order valence-electron chi connectivity index (χ3n) is 9.34. The Morgan fingerprint density at radius 3 is 2.84 bits per heavy atom. The van der Waals surface area contributed by atoms with E-state index in [1.807, 2.05) is 0 Å². The zero-order chi connectivity index (χ0) is 29.4. The first kappa shape index (κ1) is 30.3. The number of carbonyl (C=O) groups excluding carboxylic acids is 1. The number of nitrogens with zero attached hydrogens (tertiary/aromatic N) is 2. The lowest BCUT2D eigenvalue weighted by molar-refractivity contribution is -0.125. The second-order valence-corrected chi connectivity index (χ2v) is 12.3. The number of nitrogens with one attached hydrogen (secondary N) is 1. The van der Waals surface area contributed by atoms with Gasteiger partial charge in [-0.3, -0.25) is 4.90 Å². The second kappa shape index (κ2) is 14.9. The van der Waals surface area contributed by atoms with Crippen LogP contribution in [0.25, 0.3) is 0 Å². The minimum atomic E-state index is 0.0336. The summed E-state index contributed by atoms with van der Waals surface area (Å²) in [6, 6.07) is 15.1. The van der Waals surface area contributed by atoms with E-state index in [1.165, 1.54) is 11.1 Å². The Kier molecular flexibility index (Phi) is 10.5. The van der Waals surface area contributed by atoms with Gasteiger partial charge >= 0.3 is 0 Å². The average Bonchev–Trinajstić information content (AvgIpc) is 3.53. The molecule has 3 saturated heterocycles. The average molecular weight is 594 g/mol. The molecule has 4 aliphatic rings. The summed E-state index contributed by atoms with van der Waals surface area (Å²) in [5.41, 5.74) is 3.62. The van der Waals surface area contributed by atoms with Gasteiger partial charge in [-0.2, -0.15) is 0 Å². The van der Waals surface area contributed by atoms with Crippen LogP contribution in [0.3, 0.4) is 0 Å². The highest BCUT2D eigenvalue weighted by atomic mass is 16.5. The molecule has 9 nitrogen and oxygen atoms in total. The number of carbonyl (C=O) groups is 1. The lowest BCUT2D eigenvalue weighted by atomic mass is 9.87. The van der Waals surface area contributed by atoms with Gasteiger partial charge in [0, 0.05) is 58.3 Å². The van der Waals surface area contributed by atoms with Gasteiger partial charge in [0.1, 0.15) is 36.7 Å². The lowest BCUT2D eigenvalue weighted by Crippen LogP contribution is -2.41. The number of fused-ring (bicyclic) bond motifs is 1. The van der Waals surface area contributed by atoms with Crippen LogP contribution in [0.2, 0.25) is 0 Å². The Morgan fingerprint density at radius 2 is 1.98 bits per heavy atom. The van der Waals surface area contributed by atoms with Crippen LogP contribution >= 0.6 is 0 Å². The van der Waals surface area contributed by atoms with E-state index in [0.717, 1.165) is 101 Å². The summed E-state index contributed by atoms with van der Waals surface area (Å²) in [6.45, 7) is 8.16. The van der Waals surface area contributed by atoms with Gasteiger partial charge in [0.2, 0.25) is 0 Å². The smallest absolute Gasteiger partial charge is 0.142 e. The van der Waals surface area contributed by atoms with Crippen LogP contribution in [0.15, 0.2) is 42.5 Å². The maximum atomic E-state index is 11.3. The first-order valence-electron chi connectivity index (χ1n) is 16.1. The molecule has 5 atom stereocenters. The lowest BCUT2D eigenvalue weighted by Gasteiger charge is -2.33. The Morgan fingerprint density at radius 1 is 1.07 bits per heavy atom. The minimum Gasteiger partial charge on any atom is -0.490 e. The summed E-state index contributed by atoms with van der Waals surface area (Å²) in [7, 11) is 1.75. The van der Waals surface area contributed by atoms with Crippen molar-refractivity contribution >= 4 is 12.0 Å². The monoisotopic (exact) mass is 593 g/mol. The molecule has 4 heterocycles. The van der Waals surface area contributed by atoms with E-state index in [2.05, 4.69) is 57.6 Å². The standard InChI is InChI=1S/C34H47N3O6/c1-39-16-2-13-36-15-18-40-32-8-3-26(19-31(32)36)24-42-33-21-35-12-9-30(33)27-4-6-28(7-5-27)43-29-10-14-37(22-29)34-20-25(23-38)11-17-41-34/h3-8,19,23,25,29-30,33-35H,2,9-18,20-22,24H2,1H3. The Balaban J connectivity index is 1.03. The van der Waals surface area contributed by atoms with E-state index >= 15 is 0 Å². The Bertz CT molecular complexity index is 1180. The Labute approximate surface area is 255 Å². The first-order valence-corrected chi connectivity index (χ1v) is 16.1. The summed E-state index contributed by atoms with van der Waals surface area (Å²) < 4.78 is 30.1. The number of methoxy groups -OCH3 is 1. The highest BCUT2D eigenvalue weighted by Gasteiger charge is 2.34. The maximum absolute atomic E-state index is 11.3. The largest absolute Gasteiger partial charge is 0.490 e. The van der Waals surface area contributed by atoms with E-state index in [9.17, 15) is 4.79 Å². The molecular formula is C34H47N3O6. The molecule has 1 N–H and O–H groups in total. The van der Waals surface area contributed by atoms with Crippen LogP contribution in [0, 0.1) is 5.92 Å². The van der Waals surface area contributed by atoms with Gasteiger partial charge in [-0.1, -0.05) is 18.2 Å². The number of aldehydes is 1. The van der Waals surface area contributed by atoms with Gasteiger partial charge in [-0.25, -0.2) is 0 Å². The van der Waals surface area contributed by atoms with Crippen LogP contribution in [0.5, 0.6) is 11.5 Å². The SMILES string of the molecule is COCCCN1CCOc2ccc(COC3CNCCC3c3ccc(OC4CCN(C5CC(C=O)CCO5)C4)cc3)cc21. The molecule has 0 spiro atoms. The molecule has 0 amide bonds. The number of piperidine rings is 1. The van der Waals surface area contributed by atoms with Crippen LogP contribution < -0.4 is 19.7 Å². The summed E-state index contributed by atoms with van der Waals surface area (Å²) in [4.78, 5) is 16.0. The second-order valence-electron chi connectivity index (χ2n) is 12.3. The molecule has 0 aliphatic carbocycles. The highest BCUT2D eigenvalue weighted by molar-refractivity contribution is 5.61. The van der Waals surface area contributed by atoms with Crippen LogP contribution in [-0.4, -0.2) is 95.8 Å². The van der Waals surface area contributed by atoms with Gasteiger partial charge in [0.15, 0.2) is 0 Å². The van der Waals surface area contributed by atoms with Gasteiger partial charge < -0.3 is 38.7 Å². The molecule has 0 radical (unpaired) electrons. The van der Waals surface area contributed by atoms with E-state index in [0.29, 0.717) is 25.7 Å². The van der Waals surface area contributed by atoms with E-state index in [-0.39, 0.29) is 24.4 Å². The topological polar surface area (TPSA) is 81.7 Å². The van der Waals surface area contributed by atoms with Crippen molar-refractivity contribution in [2.24, 2.45) is 5.92 Å². The van der Waals surface area contributed by atoms with Crippen molar-refractivity contribution < 1.29 is 28.5 Å². The van der Waals surface area contributed by atoms with Crippen molar-refractivity contribution in [2.75, 3.05) is 71.1 Å². The molecule has 0 bridgehead atoms. The van der Waals surface area contributed by atoms with Gasteiger partial charge in [-0.05, 0) is 74.0 Å². The van der Waals surface area contributed by atoms with E-state index in [4.69, 9.17) is 23.7 Å². The molecular weight excluding hydrogens is 546 g/mol. The number of ether oxygens (including phenoxy) is 5. The molecule has 0 saturated carbocycles. The first-order chi connectivity index (χ1) is 21.2. The number of anilines is 1. The van der Waals surface area contributed by atoms with Gasteiger partial charge in [0.25, 0.3) is 0 Å². The van der Waals surface area contributed by atoms with Crippen molar-refractivity contribution in [1.29, 1.82) is 0 Å². The van der Waals surface area contributed by atoms with Crippen LogP contribution in [0.1, 0.15) is 49.1 Å². The molecule has 9 heteroatoms. The zero-order valence-electron chi connectivity index (χ0n) is 25.5. The van der Waals surface area contributed by atoms with Crippen LogP contribution in [-0.2, 0) is 25.6 Å². The number of likely N-dealkylation sites (tertiary alicyclic amines) is 1. The zero-order valence-corrected chi connectivity index (χ0v) is 25.5. The van der Waals surface area contributed by atoms with Gasteiger partial charge in [0.05, 0.1) is 24.9 Å². The molecule has 2 aromatic carbocycles. The number of benzene rings is 2. The minimum absolute atomic E-state index is 0.0336. The van der Waals surface area contributed by atoms with Gasteiger partial charge in [-0.15, -0.1) is 0 Å². The third-order valence-corrected chi connectivity index (χ3v) is 9.34.